The highest BCUT2D eigenvalue weighted by molar-refractivity contribution is 5.75. The van der Waals surface area contributed by atoms with Crippen LogP contribution in [0.2, 0.25) is 0 Å². The molecular formula is C6H12N4O2. The zero-order valence-corrected chi connectivity index (χ0v) is 6.93. The van der Waals surface area contributed by atoms with E-state index in [1.165, 1.54) is 0 Å². The number of nitrogens with two attached hydrogens (primary N) is 1. The number of azide groups is 1. The van der Waals surface area contributed by atoms with Gasteiger partial charge in [-0.2, -0.15) is 0 Å². The summed E-state index contributed by atoms with van der Waals surface area (Å²) in [5.41, 5.74) is 13.2. The lowest BCUT2D eigenvalue weighted by Crippen LogP contribution is -2.30. The van der Waals surface area contributed by atoms with E-state index in [-0.39, 0.29) is 0 Å². The van der Waals surface area contributed by atoms with Gasteiger partial charge in [0, 0.05) is 4.91 Å². The highest BCUT2D eigenvalue weighted by Gasteiger charge is 2.13. The molecule has 6 heteroatoms. The summed E-state index contributed by atoms with van der Waals surface area (Å²) in [6, 6.07) is -0.685. The van der Waals surface area contributed by atoms with Gasteiger partial charge >= 0.3 is 5.97 Å². The Kier molecular flexibility index (Phi) is 5.77. The minimum absolute atomic E-state index is 0.552. The molecule has 0 aliphatic carbocycles. The van der Waals surface area contributed by atoms with Crippen LogP contribution in [0.1, 0.15) is 26.2 Å². The van der Waals surface area contributed by atoms with E-state index < -0.39 is 12.0 Å². The third kappa shape index (κ3) is 4.54. The predicted molar refractivity (Wildman–Crippen MR) is 42.7 cm³/mol. The first kappa shape index (κ1) is 10.7. The maximum atomic E-state index is 10.8. The van der Waals surface area contributed by atoms with Gasteiger partial charge in [-0.25, -0.2) is 4.79 Å². The lowest BCUT2D eigenvalue weighted by molar-refractivity contribution is -0.145. The minimum atomic E-state index is -0.685. The standard InChI is InChI=1S/C6H12N4O2/c1-2-3-4-5(7)6(11)12-10-9-8/h5H,2-4,7H2,1H3. The van der Waals surface area contributed by atoms with Crippen LogP contribution < -0.4 is 5.73 Å². The van der Waals surface area contributed by atoms with Crippen molar-refractivity contribution in [3.05, 3.63) is 10.4 Å². The van der Waals surface area contributed by atoms with Crippen molar-refractivity contribution in [2.24, 2.45) is 11.0 Å². The monoisotopic (exact) mass is 172 g/mol. The van der Waals surface area contributed by atoms with Crippen LogP contribution in [0.25, 0.3) is 10.4 Å². The molecule has 1 atom stereocenters. The first-order valence-electron chi connectivity index (χ1n) is 3.73. The van der Waals surface area contributed by atoms with E-state index in [1.807, 2.05) is 6.92 Å². The fourth-order valence-electron chi connectivity index (χ4n) is 0.668. The molecule has 0 fully saturated rings. The zero-order valence-electron chi connectivity index (χ0n) is 6.93. The highest BCUT2D eigenvalue weighted by Crippen LogP contribution is 1.99. The minimum Gasteiger partial charge on any atom is -0.357 e. The molecule has 0 rings (SSSR count). The van der Waals surface area contributed by atoms with Crippen molar-refractivity contribution in [3.8, 4) is 0 Å². The normalized spacial score (nSPS) is 11.5. The molecule has 2 N–H and O–H groups in total. The molecule has 68 valence electrons. The van der Waals surface area contributed by atoms with Crippen molar-refractivity contribution in [3.63, 3.8) is 0 Å². The van der Waals surface area contributed by atoms with Crippen molar-refractivity contribution < 1.29 is 9.63 Å². The van der Waals surface area contributed by atoms with Gasteiger partial charge < -0.3 is 10.6 Å². The van der Waals surface area contributed by atoms with Gasteiger partial charge in [-0.3, -0.25) is 0 Å². The number of carbonyl (C=O) groups is 1. The second-order valence-corrected chi connectivity index (χ2v) is 2.33. The number of unbranched alkanes of at least 4 members (excludes halogenated alkanes) is 1. The fourth-order valence-corrected chi connectivity index (χ4v) is 0.668. The smallest absolute Gasteiger partial charge is 0.334 e. The van der Waals surface area contributed by atoms with Crippen LogP contribution >= 0.6 is 0 Å². The van der Waals surface area contributed by atoms with Gasteiger partial charge in [-0.05, 0) is 12.0 Å². The van der Waals surface area contributed by atoms with Gasteiger partial charge in [-0.15, -0.1) is 0 Å². The van der Waals surface area contributed by atoms with Crippen molar-refractivity contribution in [1.82, 2.24) is 0 Å². The Bertz CT molecular complexity index is 188. The van der Waals surface area contributed by atoms with E-state index >= 15 is 0 Å². The summed E-state index contributed by atoms with van der Waals surface area (Å²) in [7, 11) is 0. The molecule has 0 heterocycles. The molecule has 0 aromatic heterocycles. The molecule has 12 heavy (non-hydrogen) atoms. The number of rotatable bonds is 5. The van der Waals surface area contributed by atoms with Crippen LogP contribution in [0.5, 0.6) is 0 Å². The summed E-state index contributed by atoms with van der Waals surface area (Å²) in [6.07, 6.45) is 2.37. The molecule has 0 amide bonds. The molecule has 0 saturated heterocycles. The third-order valence-electron chi connectivity index (χ3n) is 1.34. The summed E-state index contributed by atoms with van der Waals surface area (Å²) in [6.45, 7) is 1.99. The van der Waals surface area contributed by atoms with Crippen molar-refractivity contribution in [2.45, 2.75) is 32.2 Å². The van der Waals surface area contributed by atoms with Gasteiger partial charge in [0.1, 0.15) is 11.3 Å². The lowest BCUT2D eigenvalue weighted by atomic mass is 10.1. The van der Waals surface area contributed by atoms with E-state index in [0.717, 1.165) is 12.8 Å². The van der Waals surface area contributed by atoms with Gasteiger partial charge in [0.15, 0.2) is 0 Å². The van der Waals surface area contributed by atoms with Crippen molar-refractivity contribution in [2.75, 3.05) is 0 Å². The summed E-state index contributed by atoms with van der Waals surface area (Å²) in [4.78, 5) is 17.2. The van der Waals surface area contributed by atoms with Crippen LogP contribution in [0.4, 0.5) is 0 Å². The Balaban J connectivity index is 3.68. The van der Waals surface area contributed by atoms with Gasteiger partial charge in [0.25, 0.3) is 0 Å². The van der Waals surface area contributed by atoms with Crippen LogP contribution in [0.15, 0.2) is 5.28 Å². The first-order valence-corrected chi connectivity index (χ1v) is 3.73. The molecule has 0 bridgehead atoms. The Hall–Kier alpha value is -1.26. The average molecular weight is 172 g/mol. The molecule has 1 unspecified atom stereocenters. The lowest BCUT2D eigenvalue weighted by Gasteiger charge is -2.05. The first-order chi connectivity index (χ1) is 5.72. The molecular weight excluding hydrogens is 160 g/mol. The maximum absolute atomic E-state index is 10.8. The Morgan fingerprint density at radius 1 is 1.83 bits per heavy atom. The van der Waals surface area contributed by atoms with Gasteiger partial charge in [0.05, 0.1) is 0 Å². The van der Waals surface area contributed by atoms with E-state index in [2.05, 4.69) is 15.0 Å². The number of carbonyl (C=O) groups excluding carboxylic acids is 1. The van der Waals surface area contributed by atoms with E-state index in [4.69, 9.17) is 11.3 Å². The van der Waals surface area contributed by atoms with Crippen LogP contribution in [-0.2, 0) is 9.63 Å². The largest absolute Gasteiger partial charge is 0.357 e. The second-order valence-electron chi connectivity index (χ2n) is 2.33. The SMILES string of the molecule is CCCCC(N)C(=O)ON=[N+]=[N-]. The van der Waals surface area contributed by atoms with E-state index in [0.29, 0.717) is 6.42 Å². The Morgan fingerprint density at radius 3 is 3.00 bits per heavy atom. The summed E-state index contributed by atoms with van der Waals surface area (Å²) in [5, 5.41) is 2.65. The quantitative estimate of drug-likeness (QED) is 0.292. The maximum Gasteiger partial charge on any atom is 0.334 e. The highest BCUT2D eigenvalue weighted by atomic mass is 16.7. The third-order valence-corrected chi connectivity index (χ3v) is 1.34. The van der Waals surface area contributed by atoms with E-state index in [9.17, 15) is 4.79 Å². The number of hydrogen-bond donors (Lipinski definition) is 1. The molecule has 6 nitrogen and oxygen atoms in total. The summed E-state index contributed by atoms with van der Waals surface area (Å²) in [5.74, 6) is -0.679. The van der Waals surface area contributed by atoms with Crippen LogP contribution in [0.3, 0.4) is 0 Å². The molecule has 0 aromatic carbocycles. The Labute approximate surface area is 70.3 Å². The molecule has 0 radical (unpaired) electrons. The molecule has 0 aliphatic rings. The molecule has 0 saturated carbocycles. The topological polar surface area (TPSA) is 101 Å². The van der Waals surface area contributed by atoms with Gasteiger partial charge in [0.2, 0.25) is 0 Å². The summed E-state index contributed by atoms with van der Waals surface area (Å²) < 4.78 is 0. The van der Waals surface area contributed by atoms with E-state index in [1.54, 1.807) is 0 Å². The average Bonchev–Trinajstić information content (AvgIpc) is 2.10. The number of hydrogen-bond acceptors (Lipinski definition) is 4. The van der Waals surface area contributed by atoms with Gasteiger partial charge in [-0.1, -0.05) is 19.8 Å². The summed E-state index contributed by atoms with van der Waals surface area (Å²) >= 11 is 0. The predicted octanol–water partition coefficient (Wildman–Crippen LogP) is 1.27. The van der Waals surface area contributed by atoms with Crippen molar-refractivity contribution in [1.29, 1.82) is 0 Å². The van der Waals surface area contributed by atoms with Crippen LogP contribution in [0, 0.1) is 0 Å². The Morgan fingerprint density at radius 2 is 2.50 bits per heavy atom. The van der Waals surface area contributed by atoms with Crippen molar-refractivity contribution >= 4 is 5.97 Å². The zero-order chi connectivity index (χ0) is 9.40. The molecule has 0 aliphatic heterocycles. The second kappa shape index (κ2) is 6.45. The fraction of sp³-hybridized carbons (Fsp3) is 0.833. The molecule has 0 spiro atoms. The molecule has 0 aromatic rings. The van der Waals surface area contributed by atoms with Crippen LogP contribution in [-0.4, -0.2) is 12.0 Å². The number of nitrogens with zero attached hydrogens (tertiary/aromatic N) is 3.